The van der Waals surface area contributed by atoms with Crippen LogP contribution in [0.25, 0.3) is 11.2 Å². The predicted molar refractivity (Wildman–Crippen MR) is 113 cm³/mol. The quantitative estimate of drug-likeness (QED) is 0.577. The van der Waals surface area contributed by atoms with Crippen LogP contribution >= 0.6 is 0 Å². The van der Waals surface area contributed by atoms with E-state index in [0.717, 1.165) is 6.54 Å². The van der Waals surface area contributed by atoms with E-state index in [2.05, 4.69) is 39.1 Å². The summed E-state index contributed by atoms with van der Waals surface area (Å²) in [4.78, 5) is 27.7. The van der Waals surface area contributed by atoms with Crippen molar-refractivity contribution in [3.8, 4) is 5.88 Å². The van der Waals surface area contributed by atoms with Gasteiger partial charge in [0, 0.05) is 27.2 Å². The third-order valence-corrected chi connectivity index (χ3v) is 5.20. The first kappa shape index (κ1) is 19.7. The number of ether oxygens (including phenoxy) is 1. The van der Waals surface area contributed by atoms with Crippen LogP contribution in [0.3, 0.4) is 0 Å². The first-order chi connectivity index (χ1) is 14.4. The summed E-state index contributed by atoms with van der Waals surface area (Å²) in [5, 5.41) is 10.5. The molecule has 0 spiro atoms. The Kier molecular flexibility index (Phi) is 5.02. The third kappa shape index (κ3) is 3.53. The zero-order valence-electron chi connectivity index (χ0n) is 17.5. The van der Waals surface area contributed by atoms with Crippen LogP contribution in [0.2, 0.25) is 0 Å². The number of amides is 1. The van der Waals surface area contributed by atoms with E-state index in [1.807, 2.05) is 24.9 Å². The lowest BCUT2D eigenvalue weighted by Crippen LogP contribution is -2.39. The van der Waals surface area contributed by atoms with Crippen molar-refractivity contribution in [2.45, 2.75) is 13.0 Å². The van der Waals surface area contributed by atoms with E-state index < -0.39 is 0 Å². The van der Waals surface area contributed by atoms with Crippen LogP contribution in [0.1, 0.15) is 6.92 Å². The summed E-state index contributed by atoms with van der Waals surface area (Å²) in [6.07, 6.45) is 4.81. The molecule has 30 heavy (non-hydrogen) atoms. The molecule has 11 heteroatoms. The Morgan fingerprint density at radius 1 is 1.33 bits per heavy atom. The van der Waals surface area contributed by atoms with Gasteiger partial charge in [0.25, 0.3) is 5.88 Å². The molecule has 2 unspecified atom stereocenters. The second-order valence-electron chi connectivity index (χ2n) is 7.45. The molecule has 1 amide bonds. The van der Waals surface area contributed by atoms with E-state index in [1.165, 1.54) is 6.08 Å². The van der Waals surface area contributed by atoms with Gasteiger partial charge in [0.05, 0.1) is 25.7 Å². The number of fused-ring (bicyclic) bond motifs is 1. The number of hydrogen-bond acceptors (Lipinski definition) is 8. The first-order valence-corrected chi connectivity index (χ1v) is 9.61. The molecule has 158 valence electrons. The maximum absolute atomic E-state index is 11.7. The van der Waals surface area contributed by atoms with Gasteiger partial charge in [-0.15, -0.1) is 5.10 Å². The fourth-order valence-corrected chi connectivity index (χ4v) is 3.62. The average molecular weight is 411 g/mol. The van der Waals surface area contributed by atoms with Gasteiger partial charge in [-0.3, -0.25) is 9.48 Å². The lowest BCUT2D eigenvalue weighted by Gasteiger charge is -2.18. The summed E-state index contributed by atoms with van der Waals surface area (Å²) >= 11 is 0. The number of nitrogens with one attached hydrogen (secondary N) is 2. The Balaban J connectivity index is 1.69. The van der Waals surface area contributed by atoms with Gasteiger partial charge in [0.15, 0.2) is 17.0 Å². The molecule has 1 aliphatic rings. The number of nitrogens with zero attached hydrogens (tertiary/aromatic N) is 7. The number of aromatic nitrogens is 6. The van der Waals surface area contributed by atoms with Gasteiger partial charge in [-0.1, -0.05) is 13.5 Å². The van der Waals surface area contributed by atoms with E-state index >= 15 is 0 Å². The standard InChI is InChI=1S/C19H25N9O2/c1-6-14(29)21-12-9-28(7-11(12)2)19-23-16(15-17(24-19)26(3)10-20-15)22-13-8-27(4)25-18(13)30-5/h6,8,10-12H,1,7,9H2,2-5H3,(H,21,29)(H,22,23,24). The first-order valence-electron chi connectivity index (χ1n) is 9.61. The van der Waals surface area contributed by atoms with Crippen molar-refractivity contribution >= 4 is 34.5 Å². The number of hydrogen-bond donors (Lipinski definition) is 2. The highest BCUT2D eigenvalue weighted by atomic mass is 16.5. The number of imidazole rings is 1. The van der Waals surface area contributed by atoms with Crippen molar-refractivity contribution in [3.63, 3.8) is 0 Å². The fourth-order valence-electron chi connectivity index (χ4n) is 3.62. The highest BCUT2D eigenvalue weighted by Crippen LogP contribution is 2.30. The van der Waals surface area contributed by atoms with Gasteiger partial charge in [0.2, 0.25) is 11.9 Å². The predicted octanol–water partition coefficient (Wildman–Crippen LogP) is 0.976. The Bertz CT molecular complexity index is 1100. The number of carbonyl (C=O) groups excluding carboxylic acids is 1. The molecule has 4 rings (SSSR count). The Labute approximate surface area is 173 Å². The number of carbonyl (C=O) groups is 1. The molecular weight excluding hydrogens is 386 g/mol. The van der Waals surface area contributed by atoms with Gasteiger partial charge in [-0.2, -0.15) is 9.97 Å². The van der Waals surface area contributed by atoms with E-state index in [-0.39, 0.29) is 17.9 Å². The molecule has 3 aromatic heterocycles. The van der Waals surface area contributed by atoms with Crippen LogP contribution in [-0.4, -0.2) is 61.4 Å². The summed E-state index contributed by atoms with van der Waals surface area (Å²) < 4.78 is 8.85. The topological polar surface area (TPSA) is 115 Å². The fraction of sp³-hybridized carbons (Fsp3) is 0.421. The third-order valence-electron chi connectivity index (χ3n) is 5.20. The maximum Gasteiger partial charge on any atom is 0.256 e. The van der Waals surface area contributed by atoms with Crippen LogP contribution in [0.15, 0.2) is 25.2 Å². The van der Waals surface area contributed by atoms with Crippen molar-refractivity contribution in [1.82, 2.24) is 34.6 Å². The number of aryl methyl sites for hydroxylation is 2. The van der Waals surface area contributed by atoms with Crippen LogP contribution in [0.5, 0.6) is 5.88 Å². The summed E-state index contributed by atoms with van der Waals surface area (Å²) in [6.45, 7) is 6.95. The zero-order chi connectivity index (χ0) is 21.4. The van der Waals surface area contributed by atoms with Crippen molar-refractivity contribution in [1.29, 1.82) is 0 Å². The lowest BCUT2D eigenvalue weighted by molar-refractivity contribution is -0.117. The van der Waals surface area contributed by atoms with Crippen LogP contribution < -0.4 is 20.3 Å². The summed E-state index contributed by atoms with van der Waals surface area (Å²) in [7, 11) is 5.28. The van der Waals surface area contributed by atoms with Crippen molar-refractivity contribution < 1.29 is 9.53 Å². The van der Waals surface area contributed by atoms with Gasteiger partial charge >= 0.3 is 0 Å². The van der Waals surface area contributed by atoms with Crippen molar-refractivity contribution in [2.75, 3.05) is 30.4 Å². The molecule has 0 aromatic carbocycles. The molecule has 0 radical (unpaired) electrons. The molecule has 11 nitrogen and oxygen atoms in total. The van der Waals surface area contributed by atoms with Crippen LogP contribution in [0, 0.1) is 5.92 Å². The summed E-state index contributed by atoms with van der Waals surface area (Å²) in [5.41, 5.74) is 2.04. The molecule has 1 saturated heterocycles. The minimum absolute atomic E-state index is 0.00355. The number of rotatable bonds is 6. The lowest BCUT2D eigenvalue weighted by atomic mass is 10.1. The molecule has 0 bridgehead atoms. The Hall–Kier alpha value is -3.63. The molecule has 2 N–H and O–H groups in total. The minimum atomic E-state index is -0.178. The van der Waals surface area contributed by atoms with E-state index in [4.69, 9.17) is 14.7 Å². The van der Waals surface area contributed by atoms with Gasteiger partial charge in [0.1, 0.15) is 5.69 Å². The van der Waals surface area contributed by atoms with Crippen molar-refractivity contribution in [3.05, 3.63) is 25.2 Å². The monoisotopic (exact) mass is 411 g/mol. The maximum atomic E-state index is 11.7. The average Bonchev–Trinajstić information content (AvgIpc) is 3.39. The summed E-state index contributed by atoms with van der Waals surface area (Å²) in [6, 6.07) is -0.00355. The largest absolute Gasteiger partial charge is 0.478 e. The summed E-state index contributed by atoms with van der Waals surface area (Å²) in [5.74, 6) is 1.66. The van der Waals surface area contributed by atoms with Gasteiger partial charge < -0.3 is 24.8 Å². The SMILES string of the molecule is C=CC(=O)NC1CN(c2nc(Nc3cn(C)nc3OC)c3ncn(C)c3n2)CC1C. The highest BCUT2D eigenvalue weighted by molar-refractivity contribution is 5.88. The molecule has 1 fully saturated rings. The Morgan fingerprint density at radius 2 is 2.13 bits per heavy atom. The normalized spacial score (nSPS) is 18.6. The number of anilines is 3. The van der Waals surface area contributed by atoms with E-state index in [9.17, 15) is 4.79 Å². The van der Waals surface area contributed by atoms with Crippen LogP contribution in [0.4, 0.5) is 17.5 Å². The minimum Gasteiger partial charge on any atom is -0.478 e. The number of methoxy groups -OCH3 is 1. The second-order valence-corrected chi connectivity index (χ2v) is 7.45. The van der Waals surface area contributed by atoms with Crippen molar-refractivity contribution in [2.24, 2.45) is 20.0 Å². The molecular formula is C19H25N9O2. The van der Waals surface area contributed by atoms with E-state index in [1.54, 1.807) is 18.1 Å². The molecule has 3 aromatic rings. The van der Waals surface area contributed by atoms with Gasteiger partial charge in [-0.25, -0.2) is 4.98 Å². The van der Waals surface area contributed by atoms with E-state index in [0.29, 0.717) is 41.0 Å². The smallest absolute Gasteiger partial charge is 0.256 e. The molecule has 0 aliphatic carbocycles. The zero-order valence-corrected chi connectivity index (χ0v) is 17.5. The molecule has 4 heterocycles. The highest BCUT2D eigenvalue weighted by Gasteiger charge is 2.32. The molecule has 0 saturated carbocycles. The second kappa shape index (κ2) is 7.65. The van der Waals surface area contributed by atoms with Crippen LogP contribution in [-0.2, 0) is 18.9 Å². The Morgan fingerprint density at radius 3 is 2.87 bits per heavy atom. The molecule has 2 atom stereocenters. The molecule has 1 aliphatic heterocycles. The van der Waals surface area contributed by atoms with Gasteiger partial charge in [-0.05, 0) is 12.0 Å².